The Morgan fingerprint density at radius 3 is 2.12 bits per heavy atom. The van der Waals surface area contributed by atoms with Crippen molar-refractivity contribution in [1.82, 2.24) is 4.57 Å². The first kappa shape index (κ1) is 23.5. The van der Waals surface area contributed by atoms with E-state index in [9.17, 15) is 18.0 Å². The maximum Gasteiger partial charge on any atom is 0.339 e. The van der Waals surface area contributed by atoms with Gasteiger partial charge in [0, 0.05) is 16.8 Å². The molecule has 0 saturated heterocycles. The second-order valence-electron chi connectivity index (χ2n) is 7.66. The topological polar surface area (TPSA) is 82.4 Å². The summed E-state index contributed by atoms with van der Waals surface area (Å²) >= 11 is 6.02. The highest BCUT2D eigenvalue weighted by Crippen LogP contribution is 2.30. The first-order chi connectivity index (χ1) is 16.2. The molecule has 0 saturated carbocycles. The van der Waals surface area contributed by atoms with Gasteiger partial charge >= 0.3 is 10.1 Å². The van der Waals surface area contributed by atoms with E-state index in [-0.39, 0.29) is 16.2 Å². The Balaban J connectivity index is 1.98. The van der Waals surface area contributed by atoms with Crippen molar-refractivity contribution < 1.29 is 17.4 Å². The zero-order chi connectivity index (χ0) is 24.5. The van der Waals surface area contributed by atoms with Crippen LogP contribution in [-0.4, -0.2) is 18.8 Å². The third-order valence-corrected chi connectivity index (χ3v) is 6.69. The minimum atomic E-state index is -4.30. The van der Waals surface area contributed by atoms with Crippen molar-refractivity contribution in [1.29, 1.82) is 0 Å². The molecule has 0 atom stereocenters. The van der Waals surface area contributed by atoms with Gasteiger partial charge in [-0.2, -0.15) is 8.42 Å². The molecule has 0 aliphatic carbocycles. The molecule has 0 unspecified atom stereocenters. The summed E-state index contributed by atoms with van der Waals surface area (Å²) in [5.41, 5.74) is 1.24. The molecule has 0 fully saturated rings. The van der Waals surface area contributed by atoms with Crippen LogP contribution in [0.1, 0.15) is 22.8 Å². The summed E-state index contributed by atoms with van der Waals surface area (Å²) in [4.78, 5) is 26.1. The van der Waals surface area contributed by atoms with Crippen molar-refractivity contribution in [3.05, 3.63) is 111 Å². The number of hydrogen-bond donors (Lipinski definition) is 0. The first-order valence-electron chi connectivity index (χ1n) is 10.3. The Morgan fingerprint density at radius 1 is 0.912 bits per heavy atom. The molecule has 1 aromatic heterocycles. The monoisotopic (exact) mass is 493 g/mol. The maximum atomic E-state index is 13.6. The minimum absolute atomic E-state index is 0.0873. The summed E-state index contributed by atoms with van der Waals surface area (Å²) in [5, 5.41) is 0.481. The number of aromatic nitrogens is 1. The molecule has 6 nitrogen and oxygen atoms in total. The molecule has 0 aliphatic rings. The average molecular weight is 494 g/mol. The second kappa shape index (κ2) is 9.29. The summed E-state index contributed by atoms with van der Waals surface area (Å²) in [7, 11) is -4.30. The smallest absolute Gasteiger partial charge is 0.339 e. The number of rotatable bonds is 6. The van der Waals surface area contributed by atoms with E-state index in [0.717, 1.165) is 5.56 Å². The molecule has 0 bridgehead atoms. The molecular weight excluding hydrogens is 474 g/mol. The Labute approximate surface area is 202 Å². The van der Waals surface area contributed by atoms with Gasteiger partial charge in [0.05, 0.1) is 5.69 Å². The zero-order valence-corrected chi connectivity index (χ0v) is 19.9. The molecule has 4 aromatic rings. The van der Waals surface area contributed by atoms with Gasteiger partial charge in [-0.25, -0.2) is 0 Å². The standard InChI is InChI=1S/C26H20ClNO5S/c1-17-8-14-22(15-9-17)34(31,32)33-24-16-23(19-6-4-3-5-7-19)28(26(30)25(24)18(2)29)21-12-10-20(27)11-13-21/h3-16H,1-2H3. The van der Waals surface area contributed by atoms with Gasteiger partial charge in [0.1, 0.15) is 10.5 Å². The molecule has 172 valence electrons. The van der Waals surface area contributed by atoms with Crippen LogP contribution in [0.25, 0.3) is 16.9 Å². The molecule has 4 rings (SSSR count). The normalized spacial score (nSPS) is 11.3. The highest BCUT2D eigenvalue weighted by atomic mass is 35.5. The highest BCUT2D eigenvalue weighted by molar-refractivity contribution is 7.87. The van der Waals surface area contributed by atoms with E-state index in [1.807, 2.05) is 13.0 Å². The fraction of sp³-hybridized carbons (Fsp3) is 0.0769. The molecule has 0 N–H and O–H groups in total. The van der Waals surface area contributed by atoms with E-state index >= 15 is 0 Å². The van der Waals surface area contributed by atoms with Crippen molar-refractivity contribution in [2.24, 2.45) is 0 Å². The molecule has 8 heteroatoms. The number of carbonyl (C=O) groups excluding carboxylic acids is 1. The molecule has 0 radical (unpaired) electrons. The fourth-order valence-corrected chi connectivity index (χ4v) is 4.58. The summed E-state index contributed by atoms with van der Waals surface area (Å²) < 4.78 is 32.7. The van der Waals surface area contributed by atoms with Crippen LogP contribution in [0.2, 0.25) is 5.02 Å². The molecule has 0 amide bonds. The third kappa shape index (κ3) is 4.66. The number of carbonyl (C=O) groups is 1. The Kier molecular flexibility index (Phi) is 6.41. The van der Waals surface area contributed by atoms with E-state index in [1.54, 1.807) is 60.7 Å². The van der Waals surface area contributed by atoms with Gasteiger partial charge in [-0.05, 0) is 55.8 Å². The first-order valence-corrected chi connectivity index (χ1v) is 12.1. The van der Waals surface area contributed by atoms with Crippen LogP contribution in [0, 0.1) is 6.92 Å². The van der Waals surface area contributed by atoms with E-state index in [0.29, 0.717) is 22.0 Å². The lowest BCUT2D eigenvalue weighted by atomic mass is 10.1. The lowest BCUT2D eigenvalue weighted by Crippen LogP contribution is -2.27. The van der Waals surface area contributed by atoms with Crippen molar-refractivity contribution in [2.45, 2.75) is 18.7 Å². The van der Waals surface area contributed by atoms with Crippen molar-refractivity contribution >= 4 is 27.5 Å². The Bertz CT molecular complexity index is 1530. The molecule has 3 aromatic carbocycles. The predicted molar refractivity (Wildman–Crippen MR) is 131 cm³/mol. The van der Waals surface area contributed by atoms with Crippen LogP contribution in [0.3, 0.4) is 0 Å². The van der Waals surface area contributed by atoms with Gasteiger partial charge in [0.2, 0.25) is 0 Å². The van der Waals surface area contributed by atoms with Crippen LogP contribution in [-0.2, 0) is 10.1 Å². The van der Waals surface area contributed by atoms with Gasteiger partial charge in [0.25, 0.3) is 5.56 Å². The Hall–Kier alpha value is -3.68. The Morgan fingerprint density at radius 2 is 1.53 bits per heavy atom. The van der Waals surface area contributed by atoms with Crippen LogP contribution in [0.5, 0.6) is 5.75 Å². The van der Waals surface area contributed by atoms with Crippen molar-refractivity contribution in [3.63, 3.8) is 0 Å². The highest BCUT2D eigenvalue weighted by Gasteiger charge is 2.26. The van der Waals surface area contributed by atoms with Gasteiger partial charge < -0.3 is 4.18 Å². The summed E-state index contributed by atoms with van der Waals surface area (Å²) in [6, 6.07) is 22.9. The summed E-state index contributed by atoms with van der Waals surface area (Å²) in [6.45, 7) is 3.02. The number of hydrogen-bond acceptors (Lipinski definition) is 5. The summed E-state index contributed by atoms with van der Waals surface area (Å²) in [6.07, 6.45) is 0. The van der Waals surface area contributed by atoms with E-state index in [1.165, 1.54) is 29.7 Å². The average Bonchev–Trinajstić information content (AvgIpc) is 2.80. The molecule has 0 aliphatic heterocycles. The number of halogens is 1. The van der Waals surface area contributed by atoms with Crippen molar-refractivity contribution in [2.75, 3.05) is 0 Å². The zero-order valence-electron chi connectivity index (χ0n) is 18.4. The number of ketones is 1. The second-order valence-corrected chi connectivity index (χ2v) is 9.64. The number of pyridine rings is 1. The third-order valence-electron chi connectivity index (χ3n) is 5.19. The summed E-state index contributed by atoms with van der Waals surface area (Å²) in [5.74, 6) is -0.955. The SMILES string of the molecule is CC(=O)c1c(OS(=O)(=O)c2ccc(C)cc2)cc(-c2ccccc2)n(-c2ccc(Cl)cc2)c1=O. The van der Waals surface area contributed by atoms with Gasteiger partial charge in [-0.15, -0.1) is 0 Å². The molecule has 1 heterocycles. The molecule has 0 spiro atoms. The van der Waals surface area contributed by atoms with E-state index < -0.39 is 21.5 Å². The van der Waals surface area contributed by atoms with Crippen LogP contribution in [0.15, 0.2) is 94.6 Å². The van der Waals surface area contributed by atoms with Gasteiger partial charge in [0.15, 0.2) is 11.5 Å². The lowest BCUT2D eigenvalue weighted by Gasteiger charge is -2.18. The minimum Gasteiger partial charge on any atom is -0.378 e. The predicted octanol–water partition coefficient (Wildman–Crippen LogP) is 5.44. The number of aryl methyl sites for hydroxylation is 1. The van der Waals surface area contributed by atoms with Gasteiger partial charge in [-0.1, -0.05) is 59.6 Å². The van der Waals surface area contributed by atoms with Crippen molar-refractivity contribution in [3.8, 4) is 22.7 Å². The van der Waals surface area contributed by atoms with Gasteiger partial charge in [-0.3, -0.25) is 14.2 Å². The number of Topliss-reactive ketones (excluding diaryl/α,β-unsaturated/α-hetero) is 1. The fourth-order valence-electron chi connectivity index (χ4n) is 3.52. The lowest BCUT2D eigenvalue weighted by molar-refractivity contribution is 0.101. The van der Waals surface area contributed by atoms with Crippen LogP contribution in [0.4, 0.5) is 0 Å². The van der Waals surface area contributed by atoms with E-state index in [2.05, 4.69) is 0 Å². The van der Waals surface area contributed by atoms with E-state index in [4.69, 9.17) is 15.8 Å². The van der Waals surface area contributed by atoms with Crippen LogP contribution >= 0.6 is 11.6 Å². The molecular formula is C26H20ClNO5S. The largest absolute Gasteiger partial charge is 0.378 e. The number of nitrogens with zero attached hydrogens (tertiary/aromatic N) is 1. The maximum absolute atomic E-state index is 13.6. The molecule has 34 heavy (non-hydrogen) atoms. The number of benzene rings is 3. The van der Waals surface area contributed by atoms with Crippen LogP contribution < -0.4 is 9.74 Å². The quantitative estimate of drug-likeness (QED) is 0.264.